The van der Waals surface area contributed by atoms with Crippen molar-refractivity contribution in [3.63, 3.8) is 0 Å². The molecule has 7 nitrogen and oxygen atoms in total. The summed E-state index contributed by atoms with van der Waals surface area (Å²) in [5, 5.41) is 2.78. The van der Waals surface area contributed by atoms with Gasteiger partial charge in [0.25, 0.3) is 10.0 Å². The maximum Gasteiger partial charge on any atom is 0.411 e. The maximum absolute atomic E-state index is 12.8. The van der Waals surface area contributed by atoms with E-state index in [-0.39, 0.29) is 35.7 Å². The molecular formula is C22H24F3N3O4S. The van der Waals surface area contributed by atoms with Crippen LogP contribution >= 0.6 is 0 Å². The summed E-state index contributed by atoms with van der Waals surface area (Å²) in [5.41, 5.74) is 1.73. The molecule has 1 amide bonds. The molecule has 2 aromatic carbocycles. The third-order valence-corrected chi connectivity index (χ3v) is 6.25. The van der Waals surface area contributed by atoms with Crippen LogP contribution in [-0.4, -0.2) is 39.0 Å². The van der Waals surface area contributed by atoms with Gasteiger partial charge in [0.05, 0.1) is 11.5 Å². The summed E-state index contributed by atoms with van der Waals surface area (Å²) in [6.45, 7) is 2.30. The van der Waals surface area contributed by atoms with Gasteiger partial charge in [0.15, 0.2) is 0 Å². The molecule has 0 bridgehead atoms. The molecule has 0 aromatic heterocycles. The Hall–Kier alpha value is -2.92. The molecule has 1 heterocycles. The predicted molar refractivity (Wildman–Crippen MR) is 116 cm³/mol. The van der Waals surface area contributed by atoms with E-state index in [1.807, 2.05) is 0 Å². The zero-order valence-electron chi connectivity index (χ0n) is 18.0. The van der Waals surface area contributed by atoms with Crippen LogP contribution in [0.5, 0.6) is 0 Å². The first-order chi connectivity index (χ1) is 15.5. The van der Waals surface area contributed by atoms with Crippen molar-refractivity contribution in [3.05, 3.63) is 65.2 Å². The van der Waals surface area contributed by atoms with E-state index < -0.39 is 28.8 Å². The third-order valence-electron chi connectivity index (χ3n) is 4.86. The molecule has 33 heavy (non-hydrogen) atoms. The van der Waals surface area contributed by atoms with Crippen molar-refractivity contribution in [1.29, 1.82) is 0 Å². The molecular weight excluding hydrogens is 459 g/mol. The number of alkyl halides is 3. The number of nitrogens with one attached hydrogen (secondary N) is 2. The number of halogens is 3. The molecule has 0 fully saturated rings. The van der Waals surface area contributed by atoms with Crippen LogP contribution in [0.15, 0.2) is 58.4 Å². The van der Waals surface area contributed by atoms with E-state index in [2.05, 4.69) is 19.8 Å². The van der Waals surface area contributed by atoms with E-state index in [0.29, 0.717) is 11.1 Å². The highest BCUT2D eigenvalue weighted by Gasteiger charge is 2.32. The monoisotopic (exact) mass is 483 g/mol. The number of carbonyl (C=O) groups excluding carboxylic acids is 1. The Balaban J connectivity index is 1.63. The van der Waals surface area contributed by atoms with Gasteiger partial charge in [-0.15, -0.1) is 0 Å². The highest BCUT2D eigenvalue weighted by Crippen LogP contribution is 2.23. The Morgan fingerprint density at radius 1 is 1.09 bits per heavy atom. The van der Waals surface area contributed by atoms with Crippen LogP contribution in [0.1, 0.15) is 30.5 Å². The van der Waals surface area contributed by atoms with Crippen molar-refractivity contribution in [1.82, 2.24) is 10.0 Å². The lowest BCUT2D eigenvalue weighted by molar-refractivity contribution is -0.176. The molecule has 0 aliphatic carbocycles. The van der Waals surface area contributed by atoms with Gasteiger partial charge in [-0.3, -0.25) is 14.5 Å². The van der Waals surface area contributed by atoms with Crippen LogP contribution in [0.2, 0.25) is 0 Å². The molecule has 0 spiro atoms. The number of aliphatic imine (C=N–C) groups is 1. The largest absolute Gasteiger partial charge is 0.411 e. The number of amides is 1. The zero-order valence-corrected chi connectivity index (χ0v) is 18.8. The number of fused-ring (bicyclic) bond motifs is 1. The molecule has 178 valence electrons. The van der Waals surface area contributed by atoms with Crippen molar-refractivity contribution >= 4 is 21.8 Å². The molecule has 3 rings (SSSR count). The van der Waals surface area contributed by atoms with E-state index in [1.165, 1.54) is 6.07 Å². The fraction of sp³-hybridized carbons (Fsp3) is 0.364. The number of benzene rings is 2. The number of hydrogen-bond donors (Lipinski definition) is 2. The van der Waals surface area contributed by atoms with Crippen LogP contribution < -0.4 is 10.0 Å². The van der Waals surface area contributed by atoms with E-state index in [0.717, 1.165) is 5.56 Å². The van der Waals surface area contributed by atoms with E-state index >= 15 is 0 Å². The highest BCUT2D eigenvalue weighted by molar-refractivity contribution is 7.90. The zero-order chi connectivity index (χ0) is 24.2. The van der Waals surface area contributed by atoms with Gasteiger partial charge >= 0.3 is 6.18 Å². The lowest BCUT2D eigenvalue weighted by atomic mass is 10.0. The Bertz CT molecular complexity index is 1130. The summed E-state index contributed by atoms with van der Waals surface area (Å²) in [7, 11) is -3.71. The number of rotatable bonds is 8. The molecule has 1 atom stereocenters. The van der Waals surface area contributed by atoms with Crippen molar-refractivity contribution in [3.8, 4) is 0 Å². The number of amidine groups is 1. The Morgan fingerprint density at radius 2 is 1.73 bits per heavy atom. The second kappa shape index (κ2) is 9.92. The normalized spacial score (nSPS) is 17.0. The van der Waals surface area contributed by atoms with Gasteiger partial charge in [0.2, 0.25) is 5.91 Å². The first kappa shape index (κ1) is 24.7. The van der Waals surface area contributed by atoms with Gasteiger partial charge < -0.3 is 10.1 Å². The van der Waals surface area contributed by atoms with Crippen LogP contribution in [0.25, 0.3) is 0 Å². The predicted octanol–water partition coefficient (Wildman–Crippen LogP) is 3.15. The quantitative estimate of drug-likeness (QED) is 0.603. The molecule has 0 saturated carbocycles. The van der Waals surface area contributed by atoms with Crippen molar-refractivity contribution in [2.75, 3.05) is 6.61 Å². The summed E-state index contributed by atoms with van der Waals surface area (Å²) >= 11 is 0. The average molecular weight is 484 g/mol. The van der Waals surface area contributed by atoms with Gasteiger partial charge in [-0.05, 0) is 29.2 Å². The summed E-state index contributed by atoms with van der Waals surface area (Å²) in [4.78, 5) is 17.3. The Labute approximate surface area is 190 Å². The summed E-state index contributed by atoms with van der Waals surface area (Å²) in [6.07, 6.45) is -4.37. The Morgan fingerprint density at radius 3 is 2.36 bits per heavy atom. The summed E-state index contributed by atoms with van der Waals surface area (Å²) < 4.78 is 68.0. The van der Waals surface area contributed by atoms with Crippen LogP contribution in [0.4, 0.5) is 13.2 Å². The second-order valence-electron chi connectivity index (χ2n) is 7.91. The third kappa shape index (κ3) is 6.55. The molecule has 2 N–H and O–H groups in total. The number of carbonyl (C=O) groups is 1. The summed E-state index contributed by atoms with van der Waals surface area (Å²) in [5.74, 6) is -0.454. The van der Waals surface area contributed by atoms with Gasteiger partial charge in [-0.25, -0.2) is 8.42 Å². The number of nitrogens with zero attached hydrogens (tertiary/aromatic N) is 1. The van der Waals surface area contributed by atoms with Crippen molar-refractivity contribution in [2.24, 2.45) is 10.9 Å². The SMILES string of the molecule is CC(C)[C@H](N=C1NS(=O)(=O)c2ccccc21)C(=O)NCc1ccc(COCC(F)(F)F)cc1. The molecule has 2 aromatic rings. The van der Waals surface area contributed by atoms with Crippen molar-refractivity contribution < 1.29 is 31.1 Å². The first-order valence-electron chi connectivity index (χ1n) is 10.2. The topological polar surface area (TPSA) is 96.9 Å². The summed E-state index contributed by atoms with van der Waals surface area (Å²) in [6, 6.07) is 12.2. The van der Waals surface area contributed by atoms with Crippen LogP contribution in [0, 0.1) is 5.92 Å². The van der Waals surface area contributed by atoms with Crippen LogP contribution in [0.3, 0.4) is 0 Å². The van der Waals surface area contributed by atoms with E-state index in [1.54, 1.807) is 56.3 Å². The fourth-order valence-corrected chi connectivity index (χ4v) is 4.45. The molecule has 11 heteroatoms. The standard InChI is InChI=1S/C22H24F3N3O4S/c1-14(2)19(27-20-17-5-3-4-6-18(17)33(30,31)28-20)21(29)26-11-15-7-9-16(10-8-15)12-32-13-22(23,24)25/h3-10,14,19H,11-13H2,1-2H3,(H,26,29)(H,27,28)/t19-/m0/s1. The minimum atomic E-state index is -4.37. The molecule has 0 radical (unpaired) electrons. The van der Waals surface area contributed by atoms with Crippen LogP contribution in [-0.2, 0) is 32.7 Å². The van der Waals surface area contributed by atoms with Gasteiger partial charge in [-0.2, -0.15) is 13.2 Å². The van der Waals surface area contributed by atoms with Gasteiger partial charge in [0, 0.05) is 12.1 Å². The number of sulfonamides is 1. The average Bonchev–Trinajstić information content (AvgIpc) is 3.00. The fourth-order valence-electron chi connectivity index (χ4n) is 3.21. The first-order valence-corrected chi connectivity index (χ1v) is 11.6. The lowest BCUT2D eigenvalue weighted by Crippen LogP contribution is -2.38. The second-order valence-corrected chi connectivity index (χ2v) is 9.56. The number of hydrogen-bond acceptors (Lipinski definition) is 5. The number of ether oxygens (including phenoxy) is 1. The molecule has 0 unspecified atom stereocenters. The van der Waals surface area contributed by atoms with Gasteiger partial charge in [-0.1, -0.05) is 50.2 Å². The smallest absolute Gasteiger partial charge is 0.367 e. The maximum atomic E-state index is 12.8. The Kier molecular flexibility index (Phi) is 7.43. The van der Waals surface area contributed by atoms with E-state index in [4.69, 9.17) is 0 Å². The minimum Gasteiger partial charge on any atom is -0.367 e. The molecule has 1 aliphatic heterocycles. The van der Waals surface area contributed by atoms with E-state index in [9.17, 15) is 26.4 Å². The van der Waals surface area contributed by atoms with Gasteiger partial charge in [0.1, 0.15) is 18.5 Å². The highest BCUT2D eigenvalue weighted by atomic mass is 32.2. The minimum absolute atomic E-state index is 0.117. The lowest BCUT2D eigenvalue weighted by Gasteiger charge is -2.17. The molecule has 1 aliphatic rings. The molecule has 0 saturated heterocycles. The van der Waals surface area contributed by atoms with Crippen molar-refractivity contribution in [2.45, 2.75) is 44.1 Å².